The number of halogens is 1. The number of ether oxygens (including phenoxy) is 1. The van der Waals surface area contributed by atoms with Crippen molar-refractivity contribution < 1.29 is 9.53 Å². The number of hydrogen-bond donors (Lipinski definition) is 0. The molecule has 7 heteroatoms. The molecule has 0 radical (unpaired) electrons. The normalized spacial score (nSPS) is 15.3. The molecule has 1 aromatic heterocycles. The van der Waals surface area contributed by atoms with Crippen LogP contribution in [0.1, 0.15) is 12.5 Å². The van der Waals surface area contributed by atoms with Crippen molar-refractivity contribution in [1.29, 1.82) is 5.26 Å². The molecule has 1 atom stereocenters. The summed E-state index contributed by atoms with van der Waals surface area (Å²) in [6.45, 7) is 4.13. The molecule has 2 heterocycles. The van der Waals surface area contributed by atoms with E-state index in [0.29, 0.717) is 48.3 Å². The Bertz CT molecular complexity index is 811. The lowest BCUT2D eigenvalue weighted by Crippen LogP contribution is -2.52. The van der Waals surface area contributed by atoms with E-state index in [9.17, 15) is 10.1 Å². The van der Waals surface area contributed by atoms with E-state index in [2.05, 4.69) is 11.1 Å². The summed E-state index contributed by atoms with van der Waals surface area (Å²) in [5.74, 6) is 1.23. The standard InChI is InChI=1S/C19H19ClN4O2/c1-14(26-17-6-4-16(20)5-7-17)19(25)24-11-9-23(10-12-24)18-15(13-21)3-2-8-22-18/h2-8,14H,9-12H2,1H3. The summed E-state index contributed by atoms with van der Waals surface area (Å²) in [5, 5.41) is 9.84. The highest BCUT2D eigenvalue weighted by Crippen LogP contribution is 2.20. The molecule has 1 fully saturated rings. The molecule has 1 saturated heterocycles. The van der Waals surface area contributed by atoms with Crippen molar-refractivity contribution >= 4 is 23.3 Å². The van der Waals surface area contributed by atoms with E-state index in [-0.39, 0.29) is 5.91 Å². The average Bonchev–Trinajstić information content (AvgIpc) is 2.69. The second kappa shape index (κ2) is 8.07. The van der Waals surface area contributed by atoms with Crippen LogP contribution in [0.3, 0.4) is 0 Å². The zero-order valence-corrected chi connectivity index (χ0v) is 15.2. The Kier molecular flexibility index (Phi) is 5.59. The van der Waals surface area contributed by atoms with Crippen molar-refractivity contribution in [3.8, 4) is 11.8 Å². The van der Waals surface area contributed by atoms with Gasteiger partial charge in [-0.15, -0.1) is 0 Å². The number of pyridine rings is 1. The van der Waals surface area contributed by atoms with E-state index in [1.54, 1.807) is 54.4 Å². The summed E-state index contributed by atoms with van der Waals surface area (Å²) in [6, 6.07) is 12.6. The van der Waals surface area contributed by atoms with Crippen LogP contribution in [-0.2, 0) is 4.79 Å². The number of hydrogen-bond acceptors (Lipinski definition) is 5. The molecule has 134 valence electrons. The number of anilines is 1. The average molecular weight is 371 g/mol. The predicted octanol–water partition coefficient (Wildman–Crippen LogP) is 2.72. The first-order chi connectivity index (χ1) is 12.6. The van der Waals surface area contributed by atoms with Gasteiger partial charge in [0.1, 0.15) is 17.6 Å². The number of aromatic nitrogens is 1. The summed E-state index contributed by atoms with van der Waals surface area (Å²) in [6.07, 6.45) is 1.10. The van der Waals surface area contributed by atoms with Gasteiger partial charge in [-0.05, 0) is 43.3 Å². The Morgan fingerprint density at radius 3 is 2.58 bits per heavy atom. The maximum absolute atomic E-state index is 12.6. The van der Waals surface area contributed by atoms with Crippen molar-refractivity contribution in [1.82, 2.24) is 9.88 Å². The summed E-state index contributed by atoms with van der Waals surface area (Å²) in [4.78, 5) is 20.7. The first kappa shape index (κ1) is 18.0. The van der Waals surface area contributed by atoms with Crippen LogP contribution in [0.2, 0.25) is 5.02 Å². The van der Waals surface area contributed by atoms with Crippen molar-refractivity contribution in [2.45, 2.75) is 13.0 Å². The SMILES string of the molecule is CC(Oc1ccc(Cl)cc1)C(=O)N1CCN(c2ncccc2C#N)CC1. The van der Waals surface area contributed by atoms with Crippen LogP contribution in [0.25, 0.3) is 0 Å². The molecule has 0 spiro atoms. The van der Waals surface area contributed by atoms with E-state index in [0.717, 1.165) is 0 Å². The van der Waals surface area contributed by atoms with Gasteiger partial charge in [-0.2, -0.15) is 5.26 Å². The number of carbonyl (C=O) groups excluding carboxylic acids is 1. The predicted molar refractivity (Wildman–Crippen MR) is 99.3 cm³/mol. The molecule has 26 heavy (non-hydrogen) atoms. The molecule has 1 amide bonds. The molecule has 1 aromatic carbocycles. The summed E-state index contributed by atoms with van der Waals surface area (Å²) in [7, 11) is 0. The summed E-state index contributed by atoms with van der Waals surface area (Å²) < 4.78 is 5.71. The van der Waals surface area contributed by atoms with Crippen molar-refractivity contribution in [2.75, 3.05) is 31.1 Å². The maximum atomic E-state index is 12.6. The van der Waals surface area contributed by atoms with E-state index < -0.39 is 6.10 Å². The number of rotatable bonds is 4. The van der Waals surface area contributed by atoms with Gasteiger partial charge in [0, 0.05) is 37.4 Å². The zero-order chi connectivity index (χ0) is 18.5. The first-order valence-electron chi connectivity index (χ1n) is 8.39. The van der Waals surface area contributed by atoms with Gasteiger partial charge >= 0.3 is 0 Å². The number of nitriles is 1. The molecule has 6 nitrogen and oxygen atoms in total. The lowest BCUT2D eigenvalue weighted by Gasteiger charge is -2.36. The van der Waals surface area contributed by atoms with Crippen molar-refractivity contribution in [3.05, 3.63) is 53.2 Å². The number of piperazine rings is 1. The molecule has 0 aliphatic carbocycles. The highest BCUT2D eigenvalue weighted by atomic mass is 35.5. The van der Waals surface area contributed by atoms with Gasteiger partial charge in [0.05, 0.1) is 5.56 Å². The third-order valence-corrected chi connectivity index (χ3v) is 4.52. The number of carbonyl (C=O) groups is 1. The Hall–Kier alpha value is -2.78. The third-order valence-electron chi connectivity index (χ3n) is 4.27. The van der Waals surface area contributed by atoms with Gasteiger partial charge in [0.2, 0.25) is 0 Å². The van der Waals surface area contributed by atoms with Crippen LogP contribution in [0.15, 0.2) is 42.6 Å². The second-order valence-corrected chi connectivity index (χ2v) is 6.45. The second-order valence-electron chi connectivity index (χ2n) is 6.01. The van der Waals surface area contributed by atoms with Crippen LogP contribution in [-0.4, -0.2) is 48.1 Å². The van der Waals surface area contributed by atoms with Gasteiger partial charge in [-0.1, -0.05) is 11.6 Å². The topological polar surface area (TPSA) is 69.5 Å². The minimum absolute atomic E-state index is 0.0545. The van der Waals surface area contributed by atoms with Gasteiger partial charge in [-0.3, -0.25) is 4.79 Å². The molecule has 0 N–H and O–H groups in total. The largest absolute Gasteiger partial charge is 0.481 e. The molecule has 0 bridgehead atoms. The van der Waals surface area contributed by atoms with Crippen LogP contribution < -0.4 is 9.64 Å². The van der Waals surface area contributed by atoms with E-state index in [4.69, 9.17) is 16.3 Å². The summed E-state index contributed by atoms with van der Waals surface area (Å²) in [5.41, 5.74) is 0.548. The minimum atomic E-state index is -0.577. The zero-order valence-electron chi connectivity index (χ0n) is 14.4. The fourth-order valence-corrected chi connectivity index (χ4v) is 3.03. The van der Waals surface area contributed by atoms with Crippen LogP contribution >= 0.6 is 11.6 Å². The fourth-order valence-electron chi connectivity index (χ4n) is 2.90. The lowest BCUT2D eigenvalue weighted by molar-refractivity contribution is -0.138. The van der Waals surface area contributed by atoms with Crippen molar-refractivity contribution in [3.63, 3.8) is 0 Å². The Balaban J connectivity index is 1.58. The third kappa shape index (κ3) is 4.06. The van der Waals surface area contributed by atoms with Crippen LogP contribution in [0.4, 0.5) is 5.82 Å². The van der Waals surface area contributed by atoms with Gasteiger partial charge in [0.15, 0.2) is 6.10 Å². The van der Waals surface area contributed by atoms with Gasteiger partial charge < -0.3 is 14.5 Å². The maximum Gasteiger partial charge on any atom is 0.263 e. The Morgan fingerprint density at radius 1 is 1.23 bits per heavy atom. The van der Waals surface area contributed by atoms with Crippen LogP contribution in [0, 0.1) is 11.3 Å². The highest BCUT2D eigenvalue weighted by molar-refractivity contribution is 6.30. The van der Waals surface area contributed by atoms with E-state index >= 15 is 0 Å². The number of amides is 1. The molecule has 1 aliphatic heterocycles. The highest BCUT2D eigenvalue weighted by Gasteiger charge is 2.27. The minimum Gasteiger partial charge on any atom is -0.481 e. The van der Waals surface area contributed by atoms with E-state index in [1.807, 2.05) is 4.90 Å². The number of benzene rings is 1. The molecule has 3 rings (SSSR count). The number of nitrogens with zero attached hydrogens (tertiary/aromatic N) is 4. The van der Waals surface area contributed by atoms with Crippen molar-refractivity contribution in [2.24, 2.45) is 0 Å². The molecule has 1 aliphatic rings. The molecule has 1 unspecified atom stereocenters. The summed E-state index contributed by atoms with van der Waals surface area (Å²) >= 11 is 5.86. The first-order valence-corrected chi connectivity index (χ1v) is 8.77. The fraction of sp³-hybridized carbons (Fsp3) is 0.316. The monoisotopic (exact) mass is 370 g/mol. The van der Waals surface area contributed by atoms with Crippen LogP contribution in [0.5, 0.6) is 5.75 Å². The lowest BCUT2D eigenvalue weighted by atomic mass is 10.2. The Morgan fingerprint density at radius 2 is 1.92 bits per heavy atom. The Labute approximate surface area is 157 Å². The molecular weight excluding hydrogens is 352 g/mol. The molecular formula is C19H19ClN4O2. The van der Waals surface area contributed by atoms with E-state index in [1.165, 1.54) is 0 Å². The van der Waals surface area contributed by atoms with Gasteiger partial charge in [-0.25, -0.2) is 4.98 Å². The molecule has 0 saturated carbocycles. The quantitative estimate of drug-likeness (QED) is 0.827. The van der Waals surface area contributed by atoms with Gasteiger partial charge in [0.25, 0.3) is 5.91 Å². The smallest absolute Gasteiger partial charge is 0.263 e. The molecule has 2 aromatic rings.